The van der Waals surface area contributed by atoms with Crippen molar-refractivity contribution in [1.29, 1.82) is 0 Å². The van der Waals surface area contributed by atoms with E-state index >= 15 is 0 Å². The second kappa shape index (κ2) is 6.58. The maximum absolute atomic E-state index is 10.5. The fourth-order valence-corrected chi connectivity index (χ4v) is 2.14. The van der Waals surface area contributed by atoms with Gasteiger partial charge in [0.05, 0.1) is 0 Å². The highest BCUT2D eigenvalue weighted by Crippen LogP contribution is 2.15. The van der Waals surface area contributed by atoms with E-state index in [0.29, 0.717) is 12.5 Å². The van der Waals surface area contributed by atoms with Crippen LogP contribution in [0.3, 0.4) is 0 Å². The third-order valence-corrected chi connectivity index (χ3v) is 3.05. The number of hydrogen-bond acceptors (Lipinski definition) is 3. The molecule has 4 heteroatoms. The molecule has 0 saturated carbocycles. The molecule has 1 rings (SSSR count). The van der Waals surface area contributed by atoms with E-state index in [1.165, 1.54) is 5.56 Å². The number of carbonyl (C=O) groups excluding carboxylic acids is 1. The molecule has 0 radical (unpaired) electrons. The summed E-state index contributed by atoms with van der Waals surface area (Å²) in [6, 6.07) is 2.52. The van der Waals surface area contributed by atoms with E-state index in [1.54, 1.807) is 11.3 Å². The second-order valence-electron chi connectivity index (χ2n) is 3.66. The molecule has 1 unspecified atom stereocenters. The third-order valence-electron chi connectivity index (χ3n) is 2.34. The molecule has 1 heterocycles. The Balaban J connectivity index is 2.08. The van der Waals surface area contributed by atoms with Crippen molar-refractivity contribution in [3.8, 4) is 0 Å². The Morgan fingerprint density at radius 1 is 1.60 bits per heavy atom. The Morgan fingerprint density at radius 2 is 2.40 bits per heavy atom. The molecule has 1 amide bonds. The van der Waals surface area contributed by atoms with E-state index in [-0.39, 0.29) is 5.91 Å². The minimum absolute atomic E-state index is 0.208. The van der Waals surface area contributed by atoms with Crippen molar-refractivity contribution in [1.82, 2.24) is 5.32 Å². The van der Waals surface area contributed by atoms with Crippen LogP contribution >= 0.6 is 11.3 Å². The lowest BCUT2D eigenvalue weighted by Gasteiger charge is -2.11. The lowest BCUT2D eigenvalue weighted by atomic mass is 10.1. The molecule has 0 aliphatic heterocycles. The molecule has 0 bridgehead atoms. The Morgan fingerprint density at radius 3 is 3.00 bits per heavy atom. The van der Waals surface area contributed by atoms with Crippen molar-refractivity contribution in [3.63, 3.8) is 0 Å². The van der Waals surface area contributed by atoms with Gasteiger partial charge >= 0.3 is 0 Å². The molecule has 1 aromatic rings. The van der Waals surface area contributed by atoms with Crippen molar-refractivity contribution in [2.45, 2.75) is 32.2 Å². The predicted octanol–water partition coefficient (Wildman–Crippen LogP) is 2.05. The Bertz CT molecular complexity index is 285. The summed E-state index contributed by atoms with van der Waals surface area (Å²) >= 11 is 1.71. The summed E-state index contributed by atoms with van der Waals surface area (Å²) in [6.07, 6.45) is 2.37. The predicted molar refractivity (Wildman–Crippen MR) is 63.8 cm³/mol. The van der Waals surface area contributed by atoms with Gasteiger partial charge in [-0.2, -0.15) is 11.3 Å². The van der Waals surface area contributed by atoms with Gasteiger partial charge in [0, 0.05) is 12.5 Å². The minimum atomic E-state index is -0.208. The number of unbranched alkanes of at least 4 members (excludes halogenated alkanes) is 1. The maximum Gasteiger partial charge on any atom is 0.217 e. The fraction of sp³-hybridized carbons (Fsp3) is 0.545. The van der Waals surface area contributed by atoms with Crippen molar-refractivity contribution >= 4 is 17.2 Å². The van der Waals surface area contributed by atoms with Crippen molar-refractivity contribution in [3.05, 3.63) is 22.4 Å². The fourth-order valence-electron chi connectivity index (χ4n) is 1.38. The van der Waals surface area contributed by atoms with Gasteiger partial charge in [-0.25, -0.2) is 0 Å². The van der Waals surface area contributed by atoms with Crippen LogP contribution in [0.2, 0.25) is 0 Å². The first-order valence-corrected chi connectivity index (χ1v) is 6.18. The van der Waals surface area contributed by atoms with Crippen LogP contribution in [0.25, 0.3) is 0 Å². The summed E-state index contributed by atoms with van der Waals surface area (Å²) < 4.78 is 0. The van der Waals surface area contributed by atoms with E-state index < -0.39 is 0 Å². The average Bonchev–Trinajstić information content (AvgIpc) is 2.69. The normalized spacial score (nSPS) is 12.6. The SMILES string of the molecule is CC(NCCCCC(N)=O)c1ccsc1. The number of thiophene rings is 1. The zero-order valence-electron chi connectivity index (χ0n) is 9.03. The van der Waals surface area contributed by atoms with Gasteiger partial charge in [-0.1, -0.05) is 0 Å². The molecule has 1 aromatic heterocycles. The Hall–Kier alpha value is -0.870. The summed E-state index contributed by atoms with van der Waals surface area (Å²) in [4.78, 5) is 10.5. The zero-order valence-corrected chi connectivity index (χ0v) is 9.85. The number of primary amides is 1. The van der Waals surface area contributed by atoms with E-state index in [0.717, 1.165) is 19.4 Å². The van der Waals surface area contributed by atoms with Crippen LogP contribution < -0.4 is 11.1 Å². The molecule has 0 aliphatic carbocycles. The highest BCUT2D eigenvalue weighted by atomic mass is 32.1. The molecule has 0 saturated heterocycles. The van der Waals surface area contributed by atoms with Crippen LogP contribution in [-0.4, -0.2) is 12.5 Å². The van der Waals surface area contributed by atoms with Crippen molar-refractivity contribution in [2.24, 2.45) is 5.73 Å². The summed E-state index contributed by atoms with van der Waals surface area (Å²) in [7, 11) is 0. The summed E-state index contributed by atoms with van der Waals surface area (Å²) in [6.45, 7) is 3.08. The van der Waals surface area contributed by atoms with Gasteiger partial charge in [-0.15, -0.1) is 0 Å². The number of nitrogens with one attached hydrogen (secondary N) is 1. The minimum Gasteiger partial charge on any atom is -0.370 e. The van der Waals surface area contributed by atoms with Crippen LogP contribution in [0.5, 0.6) is 0 Å². The molecule has 1 atom stereocenters. The number of nitrogens with two attached hydrogens (primary N) is 1. The standard InChI is InChI=1S/C11H18N2OS/c1-9(10-5-7-15-8-10)13-6-3-2-4-11(12)14/h5,7-9,13H,2-4,6H2,1H3,(H2,12,14). The van der Waals surface area contributed by atoms with Gasteiger partial charge in [-0.3, -0.25) is 4.79 Å². The number of hydrogen-bond donors (Lipinski definition) is 2. The van der Waals surface area contributed by atoms with Crippen LogP contribution in [0.15, 0.2) is 16.8 Å². The quantitative estimate of drug-likeness (QED) is 0.699. The topological polar surface area (TPSA) is 55.1 Å². The summed E-state index contributed by atoms with van der Waals surface area (Å²) in [5.74, 6) is -0.208. The monoisotopic (exact) mass is 226 g/mol. The highest BCUT2D eigenvalue weighted by molar-refractivity contribution is 7.07. The molecule has 3 N–H and O–H groups in total. The largest absolute Gasteiger partial charge is 0.370 e. The summed E-state index contributed by atoms with van der Waals surface area (Å²) in [5.41, 5.74) is 6.38. The first-order chi connectivity index (χ1) is 7.20. The molecule has 0 spiro atoms. The number of amides is 1. The van der Waals surface area contributed by atoms with Gasteiger partial charge in [0.2, 0.25) is 5.91 Å². The maximum atomic E-state index is 10.5. The van der Waals surface area contributed by atoms with Crippen LogP contribution in [0, 0.1) is 0 Å². The van der Waals surface area contributed by atoms with E-state index in [2.05, 4.69) is 29.1 Å². The molecule has 15 heavy (non-hydrogen) atoms. The highest BCUT2D eigenvalue weighted by Gasteiger charge is 2.03. The van der Waals surface area contributed by atoms with Gasteiger partial charge in [0.25, 0.3) is 0 Å². The van der Waals surface area contributed by atoms with Gasteiger partial charge < -0.3 is 11.1 Å². The first-order valence-electron chi connectivity index (χ1n) is 5.24. The molecule has 3 nitrogen and oxygen atoms in total. The number of rotatable bonds is 7. The van der Waals surface area contributed by atoms with Crippen molar-refractivity contribution in [2.75, 3.05) is 6.54 Å². The van der Waals surface area contributed by atoms with Gasteiger partial charge in [-0.05, 0) is 48.7 Å². The van der Waals surface area contributed by atoms with Crippen LogP contribution in [0.4, 0.5) is 0 Å². The third kappa shape index (κ3) is 4.95. The van der Waals surface area contributed by atoms with Crippen molar-refractivity contribution < 1.29 is 4.79 Å². The zero-order chi connectivity index (χ0) is 11.1. The molecular formula is C11H18N2OS. The molecule has 0 fully saturated rings. The Labute approximate surface area is 94.7 Å². The lowest BCUT2D eigenvalue weighted by molar-refractivity contribution is -0.118. The summed E-state index contributed by atoms with van der Waals surface area (Å²) in [5, 5.41) is 7.65. The van der Waals surface area contributed by atoms with Crippen LogP contribution in [-0.2, 0) is 4.79 Å². The average molecular weight is 226 g/mol. The lowest BCUT2D eigenvalue weighted by Crippen LogP contribution is -2.20. The Kier molecular flexibility index (Phi) is 5.36. The molecule has 84 valence electrons. The van der Waals surface area contributed by atoms with Crippen LogP contribution in [0.1, 0.15) is 37.8 Å². The second-order valence-corrected chi connectivity index (χ2v) is 4.44. The molecular weight excluding hydrogens is 208 g/mol. The molecule has 0 aromatic carbocycles. The van der Waals surface area contributed by atoms with E-state index in [4.69, 9.17) is 5.73 Å². The smallest absolute Gasteiger partial charge is 0.217 e. The molecule has 0 aliphatic rings. The number of carbonyl (C=O) groups is 1. The first kappa shape index (κ1) is 12.2. The van der Waals surface area contributed by atoms with Gasteiger partial charge in [0.15, 0.2) is 0 Å². The van der Waals surface area contributed by atoms with E-state index in [1.807, 2.05) is 0 Å². The van der Waals surface area contributed by atoms with E-state index in [9.17, 15) is 4.79 Å². The van der Waals surface area contributed by atoms with Gasteiger partial charge in [0.1, 0.15) is 0 Å².